The predicted octanol–water partition coefficient (Wildman–Crippen LogP) is 5.90. The van der Waals surface area contributed by atoms with E-state index in [1.165, 1.54) is 35.6 Å². The molecule has 5 rings (SSSR count). The van der Waals surface area contributed by atoms with Gasteiger partial charge in [-0.3, -0.25) is 10.2 Å². The van der Waals surface area contributed by atoms with Gasteiger partial charge >= 0.3 is 6.03 Å². The first kappa shape index (κ1) is 24.6. The zero-order chi connectivity index (χ0) is 25.8. The van der Waals surface area contributed by atoms with Crippen molar-refractivity contribution >= 4 is 22.5 Å². The molecule has 6 nitrogen and oxygen atoms in total. The molecule has 1 saturated heterocycles. The predicted molar refractivity (Wildman–Crippen MR) is 139 cm³/mol. The highest BCUT2D eigenvalue weighted by Gasteiger charge is 2.28. The minimum atomic E-state index is -0.312. The van der Waals surface area contributed by atoms with Gasteiger partial charge < -0.3 is 4.90 Å². The molecule has 1 fully saturated rings. The van der Waals surface area contributed by atoms with Crippen molar-refractivity contribution in [1.82, 2.24) is 14.8 Å². The van der Waals surface area contributed by atoms with Crippen LogP contribution in [0.5, 0.6) is 0 Å². The fourth-order valence-electron chi connectivity index (χ4n) is 4.44. The summed E-state index contributed by atoms with van der Waals surface area (Å²) < 4.78 is 27.1. The minimum Gasteiger partial charge on any atom is -0.322 e. The van der Waals surface area contributed by atoms with E-state index in [4.69, 9.17) is 5.26 Å². The molecule has 186 valence electrons. The number of thiazole rings is 1. The summed E-state index contributed by atoms with van der Waals surface area (Å²) in [4.78, 5) is 21.4. The Labute approximate surface area is 217 Å². The Bertz CT molecular complexity index is 1360. The number of urea groups is 1. The maximum absolute atomic E-state index is 13.6. The fraction of sp³-hybridized carbons (Fsp3) is 0.179. The SMILES string of the molecule is N#Cc1ccc(-c2csc(NC(=O)N3CCN(C(c4ccc(F)cc4)c4ccc(F)cc4)CC3)n2)cc1. The van der Waals surface area contributed by atoms with Crippen LogP contribution in [0.4, 0.5) is 18.7 Å². The lowest BCUT2D eigenvalue weighted by Gasteiger charge is -2.39. The standard InChI is InChI=1S/C28H23F2N5OS/c29-23-9-5-21(6-10-23)26(22-7-11-24(30)12-8-22)34-13-15-35(16-14-34)28(36)33-27-32-25(18-37-27)20-3-1-19(17-31)2-4-20/h1-12,18,26H,13-16H2,(H,32,33,36). The number of piperazine rings is 1. The van der Waals surface area contributed by atoms with Crippen LogP contribution in [-0.4, -0.2) is 47.0 Å². The number of benzene rings is 3. The van der Waals surface area contributed by atoms with Crippen LogP contribution in [-0.2, 0) is 0 Å². The molecular weight excluding hydrogens is 492 g/mol. The van der Waals surface area contributed by atoms with E-state index in [0.717, 1.165) is 22.4 Å². The average molecular weight is 516 g/mol. The van der Waals surface area contributed by atoms with Crippen LogP contribution in [0.25, 0.3) is 11.3 Å². The van der Waals surface area contributed by atoms with Gasteiger partial charge in [-0.1, -0.05) is 36.4 Å². The highest BCUT2D eigenvalue weighted by molar-refractivity contribution is 7.14. The molecule has 37 heavy (non-hydrogen) atoms. The summed E-state index contributed by atoms with van der Waals surface area (Å²) in [7, 11) is 0. The Hall–Kier alpha value is -4.13. The van der Waals surface area contributed by atoms with Gasteiger partial charge in [0.15, 0.2) is 5.13 Å². The van der Waals surface area contributed by atoms with Crippen molar-refractivity contribution in [1.29, 1.82) is 5.26 Å². The van der Waals surface area contributed by atoms with Gasteiger partial charge in [0.25, 0.3) is 0 Å². The normalized spacial score (nSPS) is 13.9. The number of halogens is 2. The van der Waals surface area contributed by atoms with E-state index in [9.17, 15) is 13.6 Å². The molecular formula is C28H23F2N5OS. The van der Waals surface area contributed by atoms with Crippen molar-refractivity contribution in [3.63, 3.8) is 0 Å². The zero-order valence-corrected chi connectivity index (χ0v) is 20.6. The van der Waals surface area contributed by atoms with Gasteiger partial charge in [-0.2, -0.15) is 5.26 Å². The molecule has 0 spiro atoms. The molecule has 0 bridgehead atoms. The number of anilines is 1. The third-order valence-corrected chi connectivity index (χ3v) is 7.12. The fourth-order valence-corrected chi connectivity index (χ4v) is 5.15. The molecule has 0 unspecified atom stereocenters. The largest absolute Gasteiger partial charge is 0.323 e. The van der Waals surface area contributed by atoms with Crippen molar-refractivity contribution in [3.05, 3.63) is 107 Å². The smallest absolute Gasteiger partial charge is 0.322 e. The Morgan fingerprint density at radius 2 is 1.46 bits per heavy atom. The van der Waals surface area contributed by atoms with Crippen LogP contribution >= 0.6 is 11.3 Å². The first-order valence-corrected chi connectivity index (χ1v) is 12.6. The van der Waals surface area contributed by atoms with E-state index < -0.39 is 0 Å². The molecule has 9 heteroatoms. The quantitative estimate of drug-likeness (QED) is 0.359. The first-order valence-electron chi connectivity index (χ1n) is 11.8. The molecule has 1 aliphatic heterocycles. The molecule has 1 aromatic heterocycles. The van der Waals surface area contributed by atoms with Crippen LogP contribution in [0.15, 0.2) is 78.2 Å². The Morgan fingerprint density at radius 3 is 2.00 bits per heavy atom. The Kier molecular flexibility index (Phi) is 7.21. The molecule has 0 saturated carbocycles. The van der Waals surface area contributed by atoms with Crippen molar-refractivity contribution in [2.24, 2.45) is 0 Å². The molecule has 1 N–H and O–H groups in total. The van der Waals surface area contributed by atoms with Crippen molar-refractivity contribution < 1.29 is 13.6 Å². The number of amides is 2. The first-order chi connectivity index (χ1) is 18.0. The number of carbonyl (C=O) groups is 1. The number of carbonyl (C=O) groups excluding carboxylic acids is 1. The summed E-state index contributed by atoms with van der Waals surface area (Å²) in [5, 5.41) is 14.2. The maximum Gasteiger partial charge on any atom is 0.323 e. The highest BCUT2D eigenvalue weighted by atomic mass is 32.1. The van der Waals surface area contributed by atoms with Gasteiger partial charge in [0.05, 0.1) is 23.4 Å². The van der Waals surface area contributed by atoms with Gasteiger partial charge in [0.1, 0.15) is 11.6 Å². The number of nitrogens with one attached hydrogen (secondary N) is 1. The van der Waals surface area contributed by atoms with E-state index in [2.05, 4.69) is 21.3 Å². The lowest BCUT2D eigenvalue weighted by atomic mass is 9.96. The van der Waals surface area contributed by atoms with Gasteiger partial charge in [0, 0.05) is 37.1 Å². The Morgan fingerprint density at radius 1 is 0.892 bits per heavy atom. The van der Waals surface area contributed by atoms with Gasteiger partial charge in [-0.25, -0.2) is 18.6 Å². The maximum atomic E-state index is 13.6. The summed E-state index contributed by atoms with van der Waals surface area (Å²) in [6.45, 7) is 2.19. The zero-order valence-electron chi connectivity index (χ0n) is 19.8. The second-order valence-electron chi connectivity index (χ2n) is 8.69. The summed E-state index contributed by atoms with van der Waals surface area (Å²) in [6.07, 6.45) is 0. The van der Waals surface area contributed by atoms with Crippen molar-refractivity contribution in [3.8, 4) is 17.3 Å². The topological polar surface area (TPSA) is 72.3 Å². The lowest BCUT2D eigenvalue weighted by molar-refractivity contribution is 0.126. The molecule has 0 radical (unpaired) electrons. The summed E-state index contributed by atoms with van der Waals surface area (Å²) >= 11 is 1.34. The number of rotatable bonds is 5. The van der Waals surface area contributed by atoms with Crippen LogP contribution in [0.1, 0.15) is 22.7 Å². The third-order valence-electron chi connectivity index (χ3n) is 6.37. The molecule has 1 aliphatic rings. The molecule has 2 amide bonds. The average Bonchev–Trinajstić information content (AvgIpc) is 3.40. The van der Waals surface area contributed by atoms with Gasteiger partial charge in [0.2, 0.25) is 0 Å². The van der Waals surface area contributed by atoms with Crippen LogP contribution in [0, 0.1) is 23.0 Å². The second kappa shape index (κ2) is 10.9. The van der Waals surface area contributed by atoms with E-state index >= 15 is 0 Å². The highest BCUT2D eigenvalue weighted by Crippen LogP contribution is 2.30. The summed E-state index contributed by atoms with van der Waals surface area (Å²) in [5.74, 6) is -0.625. The van der Waals surface area contributed by atoms with Gasteiger partial charge in [-0.05, 0) is 47.5 Å². The molecule has 3 aromatic carbocycles. The van der Waals surface area contributed by atoms with Crippen LogP contribution < -0.4 is 5.32 Å². The number of hydrogen-bond donors (Lipinski definition) is 1. The van der Waals surface area contributed by atoms with E-state index in [1.54, 1.807) is 41.3 Å². The van der Waals surface area contributed by atoms with Crippen molar-refractivity contribution in [2.45, 2.75) is 6.04 Å². The summed E-state index contributed by atoms with van der Waals surface area (Å²) in [6, 6.07) is 21.5. The van der Waals surface area contributed by atoms with E-state index in [1.807, 2.05) is 17.5 Å². The number of nitriles is 1. The second-order valence-corrected chi connectivity index (χ2v) is 9.54. The molecule has 4 aromatic rings. The number of nitrogens with zero attached hydrogens (tertiary/aromatic N) is 4. The van der Waals surface area contributed by atoms with Crippen LogP contribution in [0.3, 0.4) is 0 Å². The number of aromatic nitrogens is 1. The van der Waals surface area contributed by atoms with Crippen molar-refractivity contribution in [2.75, 3.05) is 31.5 Å². The molecule has 2 heterocycles. The monoisotopic (exact) mass is 515 g/mol. The molecule has 0 aliphatic carbocycles. The third kappa shape index (κ3) is 5.66. The lowest BCUT2D eigenvalue weighted by Crippen LogP contribution is -2.51. The number of hydrogen-bond acceptors (Lipinski definition) is 5. The van der Waals surface area contributed by atoms with E-state index in [-0.39, 0.29) is 23.7 Å². The van der Waals surface area contributed by atoms with E-state index in [0.29, 0.717) is 36.9 Å². The molecule has 0 atom stereocenters. The summed E-state index contributed by atoms with van der Waals surface area (Å²) in [5.41, 5.74) is 3.99. The Balaban J connectivity index is 1.24. The minimum absolute atomic E-state index is 0.180. The van der Waals surface area contributed by atoms with Gasteiger partial charge in [-0.15, -0.1) is 11.3 Å². The van der Waals surface area contributed by atoms with Crippen LogP contribution in [0.2, 0.25) is 0 Å².